The molecule has 2 aliphatic heterocycles. The number of ether oxygens (including phenoxy) is 1. The molecule has 3 aromatic carbocycles. The molecule has 1 N–H and O–H groups in total. The Bertz CT molecular complexity index is 1380. The highest BCUT2D eigenvalue weighted by Gasteiger charge is 2.61. The van der Waals surface area contributed by atoms with Gasteiger partial charge in [0.2, 0.25) is 5.91 Å². The summed E-state index contributed by atoms with van der Waals surface area (Å²) in [4.78, 5) is 42.3. The van der Waals surface area contributed by atoms with Crippen molar-refractivity contribution in [2.75, 3.05) is 11.5 Å². The van der Waals surface area contributed by atoms with Crippen molar-refractivity contribution in [1.29, 1.82) is 0 Å². The number of rotatable bonds is 5. The van der Waals surface area contributed by atoms with E-state index in [1.807, 2.05) is 25.1 Å². The zero-order chi connectivity index (χ0) is 25.6. The monoisotopic (exact) mass is 587 g/mol. The Balaban J connectivity index is 1.62. The molecule has 3 aromatic rings. The molecule has 2 heterocycles. The number of hydrogen-bond acceptors (Lipinski definition) is 5. The first-order chi connectivity index (χ1) is 17.3. The van der Waals surface area contributed by atoms with Gasteiger partial charge in [0.15, 0.2) is 0 Å². The summed E-state index contributed by atoms with van der Waals surface area (Å²) >= 11 is 15.8. The number of hydrogen-bond donors (Lipinski definition) is 1. The van der Waals surface area contributed by atoms with Crippen molar-refractivity contribution >= 4 is 62.5 Å². The Hall–Kier alpha value is -2.91. The van der Waals surface area contributed by atoms with Gasteiger partial charge in [0, 0.05) is 20.6 Å². The van der Waals surface area contributed by atoms with E-state index in [1.165, 1.54) is 17.1 Å². The van der Waals surface area contributed by atoms with E-state index in [-0.39, 0.29) is 10.7 Å². The number of halogens is 3. The lowest BCUT2D eigenvalue weighted by atomic mass is 9.90. The average Bonchev–Trinajstić information content (AvgIpc) is 3.36. The molecule has 0 radical (unpaired) electrons. The summed E-state index contributed by atoms with van der Waals surface area (Å²) in [5, 5.41) is 1.79. The minimum Gasteiger partial charge on any atom is -0.494 e. The third kappa shape index (κ3) is 4.18. The van der Waals surface area contributed by atoms with Crippen LogP contribution in [-0.2, 0) is 9.59 Å². The smallest absolute Gasteiger partial charge is 0.268 e. The SMILES string of the molecule is CCOc1ccccc1[C@@H]1NN(C(=O)c2cccc(Br)c2)[C@H]2C(=O)N(c3ccc(Cl)cc3Cl)C(=O)[C@@H]12. The summed E-state index contributed by atoms with van der Waals surface area (Å²) < 4.78 is 6.52. The fourth-order valence-electron chi connectivity index (χ4n) is 4.72. The van der Waals surface area contributed by atoms with Gasteiger partial charge in [-0.05, 0) is 49.4 Å². The van der Waals surface area contributed by atoms with Crippen LogP contribution in [0.25, 0.3) is 0 Å². The number of imide groups is 1. The third-order valence-corrected chi connectivity index (χ3v) is 7.26. The highest BCUT2D eigenvalue weighted by molar-refractivity contribution is 9.10. The number of nitrogens with one attached hydrogen (secondary N) is 1. The number of hydrazine groups is 1. The van der Waals surface area contributed by atoms with E-state index in [4.69, 9.17) is 27.9 Å². The summed E-state index contributed by atoms with van der Waals surface area (Å²) in [5.41, 5.74) is 4.40. The van der Waals surface area contributed by atoms with Crippen molar-refractivity contribution in [1.82, 2.24) is 10.4 Å². The summed E-state index contributed by atoms with van der Waals surface area (Å²) in [7, 11) is 0. The van der Waals surface area contributed by atoms with Crippen LogP contribution < -0.4 is 15.1 Å². The summed E-state index contributed by atoms with van der Waals surface area (Å²) in [6.07, 6.45) is 0. The Morgan fingerprint density at radius 2 is 1.81 bits per heavy atom. The summed E-state index contributed by atoms with van der Waals surface area (Å²) in [6.45, 7) is 2.27. The molecule has 0 spiro atoms. The first-order valence-electron chi connectivity index (χ1n) is 11.2. The lowest BCUT2D eigenvalue weighted by Gasteiger charge is -2.26. The minimum absolute atomic E-state index is 0.160. The van der Waals surface area contributed by atoms with Crippen LogP contribution in [0, 0.1) is 5.92 Å². The topological polar surface area (TPSA) is 79.0 Å². The molecule has 184 valence electrons. The number of carbonyl (C=O) groups excluding carboxylic acids is 3. The molecule has 0 bridgehead atoms. The average molecular weight is 589 g/mol. The van der Waals surface area contributed by atoms with Gasteiger partial charge in [0.25, 0.3) is 11.8 Å². The van der Waals surface area contributed by atoms with Crippen LogP contribution in [0.15, 0.2) is 71.2 Å². The normalized spacial score (nSPS) is 21.2. The molecule has 0 unspecified atom stereocenters. The predicted molar refractivity (Wildman–Crippen MR) is 140 cm³/mol. The molecule has 3 amide bonds. The zero-order valence-electron chi connectivity index (χ0n) is 19.0. The van der Waals surface area contributed by atoms with Gasteiger partial charge in [0.1, 0.15) is 11.8 Å². The molecule has 10 heteroatoms. The van der Waals surface area contributed by atoms with Gasteiger partial charge in [-0.25, -0.2) is 10.3 Å². The second kappa shape index (κ2) is 9.86. The van der Waals surface area contributed by atoms with Gasteiger partial charge >= 0.3 is 0 Å². The van der Waals surface area contributed by atoms with Crippen molar-refractivity contribution in [2.24, 2.45) is 5.92 Å². The van der Waals surface area contributed by atoms with E-state index >= 15 is 0 Å². The molecule has 2 aliphatic rings. The fourth-order valence-corrected chi connectivity index (χ4v) is 5.61. The van der Waals surface area contributed by atoms with E-state index in [9.17, 15) is 14.4 Å². The first-order valence-corrected chi connectivity index (χ1v) is 12.8. The van der Waals surface area contributed by atoms with E-state index < -0.39 is 35.7 Å². The lowest BCUT2D eigenvalue weighted by molar-refractivity contribution is -0.123. The molecular weight excluding hydrogens is 569 g/mol. The molecule has 3 atom stereocenters. The number of benzene rings is 3. The second-order valence-electron chi connectivity index (χ2n) is 8.34. The number of para-hydroxylation sites is 1. The van der Waals surface area contributed by atoms with E-state index in [0.717, 1.165) is 4.90 Å². The Kier molecular flexibility index (Phi) is 6.78. The molecule has 7 nitrogen and oxygen atoms in total. The van der Waals surface area contributed by atoms with Gasteiger partial charge in [-0.2, -0.15) is 0 Å². The highest BCUT2D eigenvalue weighted by atomic mass is 79.9. The molecule has 5 rings (SSSR count). The maximum absolute atomic E-state index is 13.8. The Morgan fingerprint density at radius 1 is 1.03 bits per heavy atom. The zero-order valence-corrected chi connectivity index (χ0v) is 22.0. The quantitative estimate of drug-likeness (QED) is 0.403. The maximum atomic E-state index is 13.8. The predicted octanol–water partition coefficient (Wildman–Crippen LogP) is 5.41. The number of amides is 3. The molecule has 36 heavy (non-hydrogen) atoms. The van der Waals surface area contributed by atoms with Crippen LogP contribution in [0.1, 0.15) is 28.9 Å². The van der Waals surface area contributed by atoms with E-state index in [2.05, 4.69) is 21.4 Å². The second-order valence-corrected chi connectivity index (χ2v) is 10.1. The van der Waals surface area contributed by atoms with Crippen LogP contribution >= 0.6 is 39.1 Å². The van der Waals surface area contributed by atoms with Crippen molar-refractivity contribution in [3.05, 3.63) is 92.4 Å². The molecule has 2 fully saturated rings. The van der Waals surface area contributed by atoms with Gasteiger partial charge in [0.05, 0.1) is 29.3 Å². The van der Waals surface area contributed by atoms with Crippen LogP contribution in [0.2, 0.25) is 10.0 Å². The van der Waals surface area contributed by atoms with Crippen LogP contribution in [0.4, 0.5) is 5.69 Å². The van der Waals surface area contributed by atoms with Gasteiger partial charge in [-0.1, -0.05) is 63.4 Å². The van der Waals surface area contributed by atoms with Crippen molar-refractivity contribution in [3.8, 4) is 5.75 Å². The van der Waals surface area contributed by atoms with Gasteiger partial charge < -0.3 is 4.74 Å². The Labute approximate surface area is 226 Å². The Morgan fingerprint density at radius 3 is 2.53 bits per heavy atom. The van der Waals surface area contributed by atoms with E-state index in [1.54, 1.807) is 36.4 Å². The fraction of sp³-hybridized carbons (Fsp3) is 0.192. The van der Waals surface area contributed by atoms with Crippen LogP contribution in [0.5, 0.6) is 5.75 Å². The molecule has 2 saturated heterocycles. The van der Waals surface area contributed by atoms with Gasteiger partial charge in [-0.3, -0.25) is 19.4 Å². The highest BCUT2D eigenvalue weighted by Crippen LogP contribution is 2.45. The third-order valence-electron chi connectivity index (χ3n) is 6.23. The lowest BCUT2D eigenvalue weighted by Crippen LogP contribution is -2.48. The number of carbonyl (C=O) groups is 3. The standard InChI is InChI=1S/C26H20BrCl2N3O4/c1-2-36-20-9-4-3-8-17(20)22-21-23(32(30-22)24(33)14-6-5-7-15(27)12-14)26(35)31(25(21)34)19-11-10-16(28)13-18(19)29/h3-13,21-23,30H,2H2,1H3/t21-,22-,23+/m0/s1. The minimum atomic E-state index is -1.09. The molecule has 0 saturated carbocycles. The molecule has 0 aliphatic carbocycles. The largest absolute Gasteiger partial charge is 0.494 e. The van der Waals surface area contributed by atoms with Crippen LogP contribution in [0.3, 0.4) is 0 Å². The number of fused-ring (bicyclic) bond motifs is 1. The number of nitrogens with zero attached hydrogens (tertiary/aromatic N) is 2. The van der Waals surface area contributed by atoms with Crippen molar-refractivity contribution in [3.63, 3.8) is 0 Å². The van der Waals surface area contributed by atoms with Crippen LogP contribution in [-0.4, -0.2) is 35.4 Å². The van der Waals surface area contributed by atoms with Crippen molar-refractivity contribution in [2.45, 2.75) is 19.0 Å². The van der Waals surface area contributed by atoms with Crippen molar-refractivity contribution < 1.29 is 19.1 Å². The number of anilines is 1. The van der Waals surface area contributed by atoms with E-state index in [0.29, 0.717) is 33.0 Å². The summed E-state index contributed by atoms with van der Waals surface area (Å²) in [5.74, 6) is -1.80. The molecular formula is C26H20BrCl2N3O4. The van der Waals surface area contributed by atoms with Gasteiger partial charge in [-0.15, -0.1) is 0 Å². The summed E-state index contributed by atoms with van der Waals surface area (Å²) in [6, 6.07) is 16.9. The maximum Gasteiger partial charge on any atom is 0.268 e. The molecule has 0 aromatic heterocycles. The first kappa shape index (κ1) is 24.8.